The van der Waals surface area contributed by atoms with Crippen LogP contribution >= 0.6 is 0 Å². The highest BCUT2D eigenvalue weighted by atomic mass is 16.3. The highest BCUT2D eigenvalue weighted by Crippen LogP contribution is 2.27. The second kappa shape index (κ2) is 10.2. The van der Waals surface area contributed by atoms with E-state index in [1.165, 1.54) is 11.1 Å². The van der Waals surface area contributed by atoms with Crippen LogP contribution in [0.5, 0.6) is 0 Å². The summed E-state index contributed by atoms with van der Waals surface area (Å²) in [5, 5.41) is 9.43. The quantitative estimate of drug-likeness (QED) is 0.486. The molecule has 0 spiro atoms. The minimum Gasteiger partial charge on any atom is -0.392 e. The summed E-state index contributed by atoms with van der Waals surface area (Å²) in [7, 11) is 2.20. The Bertz CT molecular complexity index is 308. The van der Waals surface area contributed by atoms with Crippen molar-refractivity contribution in [3.63, 3.8) is 0 Å². The molecule has 0 aromatic rings. The summed E-state index contributed by atoms with van der Waals surface area (Å²) in [5.74, 6) is 0.528. The number of hydrogen-bond acceptors (Lipinski definition) is 2. The molecule has 0 aromatic carbocycles. The molecule has 0 aromatic heterocycles. The van der Waals surface area contributed by atoms with Gasteiger partial charge in [0.1, 0.15) is 7.28 Å². The van der Waals surface area contributed by atoms with Crippen LogP contribution in [0.25, 0.3) is 0 Å². The normalized spacial score (nSPS) is 15.1. The molecule has 0 saturated heterocycles. The zero-order valence-electron chi connectivity index (χ0n) is 12.1. The van der Waals surface area contributed by atoms with Crippen LogP contribution in [0.15, 0.2) is 35.5 Å². The predicted molar refractivity (Wildman–Crippen MR) is 82.0 cm³/mol. The second-order valence-electron chi connectivity index (χ2n) is 4.56. The first-order valence-corrected chi connectivity index (χ1v) is 6.78. The van der Waals surface area contributed by atoms with Crippen LogP contribution < -0.4 is 5.73 Å². The molecule has 2 nitrogen and oxygen atoms in total. The van der Waals surface area contributed by atoms with Gasteiger partial charge in [0, 0.05) is 0 Å². The number of rotatable bonds is 9. The highest BCUT2D eigenvalue weighted by Gasteiger charge is 2.12. The molecule has 0 aliphatic rings. The molecule has 0 aliphatic carbocycles. The molecular formula is C15H27BNO. The summed E-state index contributed by atoms with van der Waals surface area (Å²) in [6.45, 7) is 10.8. The van der Waals surface area contributed by atoms with E-state index < -0.39 is 0 Å². The van der Waals surface area contributed by atoms with Crippen LogP contribution in [0.3, 0.4) is 0 Å². The number of hydrogen-bond donors (Lipinski definition) is 2. The topological polar surface area (TPSA) is 46.2 Å². The number of aliphatic hydroxyl groups is 1. The largest absolute Gasteiger partial charge is 0.392 e. The Kier molecular flexibility index (Phi) is 9.71. The Morgan fingerprint density at radius 1 is 1.50 bits per heavy atom. The van der Waals surface area contributed by atoms with E-state index in [4.69, 9.17) is 5.73 Å². The van der Waals surface area contributed by atoms with Gasteiger partial charge in [0.25, 0.3) is 0 Å². The summed E-state index contributed by atoms with van der Waals surface area (Å²) in [6, 6.07) is 0. The molecule has 3 heteroatoms. The molecule has 0 fully saturated rings. The molecule has 1 unspecified atom stereocenters. The van der Waals surface area contributed by atoms with Crippen LogP contribution in [-0.2, 0) is 0 Å². The first kappa shape index (κ1) is 17.2. The van der Waals surface area contributed by atoms with Crippen molar-refractivity contribution in [2.75, 3.05) is 13.2 Å². The van der Waals surface area contributed by atoms with Crippen molar-refractivity contribution in [2.24, 2.45) is 5.73 Å². The molecule has 18 heavy (non-hydrogen) atoms. The molecule has 0 bridgehead atoms. The van der Waals surface area contributed by atoms with Gasteiger partial charge in [-0.15, -0.1) is 0 Å². The van der Waals surface area contributed by atoms with Crippen LogP contribution in [0.2, 0.25) is 12.6 Å². The molecule has 1 atom stereocenters. The van der Waals surface area contributed by atoms with Crippen LogP contribution in [0.1, 0.15) is 33.1 Å². The average molecular weight is 248 g/mol. The Balaban J connectivity index is 5.30. The molecule has 0 heterocycles. The van der Waals surface area contributed by atoms with Gasteiger partial charge >= 0.3 is 0 Å². The molecule has 0 amide bonds. The Hall–Kier alpha value is -0.795. The standard InChI is InChI=1S/C15H27BNO/c1-5-7-14(10-12(3)16-4)15(8-9-17)13(6-2)11-18/h6-7,12,18H,2,5,8-11,17H2,1,3-4H3/b14-7+,15-13-. The fraction of sp³-hybridized carbons (Fsp3) is 0.600. The average Bonchev–Trinajstić information content (AvgIpc) is 2.38. The molecule has 1 radical (unpaired) electrons. The fourth-order valence-electron chi connectivity index (χ4n) is 2.00. The zero-order chi connectivity index (χ0) is 14.0. The third-order valence-corrected chi connectivity index (χ3v) is 3.15. The molecule has 0 saturated carbocycles. The summed E-state index contributed by atoms with van der Waals surface area (Å²) in [6.07, 6.45) is 6.77. The summed E-state index contributed by atoms with van der Waals surface area (Å²) >= 11 is 0. The van der Waals surface area contributed by atoms with E-state index in [0.717, 1.165) is 24.8 Å². The van der Waals surface area contributed by atoms with Crippen molar-refractivity contribution in [1.82, 2.24) is 0 Å². The molecule has 101 valence electrons. The minimum absolute atomic E-state index is 0.0319. The molecule has 3 N–H and O–H groups in total. The third-order valence-electron chi connectivity index (χ3n) is 3.15. The SMILES string of the molecule is C=C/C(CO)=C(CCN)/C(=C/CC)CC(C)[B]C. The number of nitrogens with two attached hydrogens (primary N) is 1. The number of allylic oxidation sites excluding steroid dienone is 2. The fourth-order valence-corrected chi connectivity index (χ4v) is 2.00. The zero-order valence-corrected chi connectivity index (χ0v) is 12.1. The van der Waals surface area contributed by atoms with Gasteiger partial charge in [0.2, 0.25) is 0 Å². The van der Waals surface area contributed by atoms with Gasteiger partial charge in [-0.25, -0.2) is 0 Å². The predicted octanol–water partition coefficient (Wildman–Crippen LogP) is 3.10. The van der Waals surface area contributed by atoms with Crippen molar-refractivity contribution in [2.45, 2.75) is 45.8 Å². The van der Waals surface area contributed by atoms with Gasteiger partial charge in [0.05, 0.1) is 6.61 Å². The highest BCUT2D eigenvalue weighted by molar-refractivity contribution is 6.35. The summed E-state index contributed by atoms with van der Waals surface area (Å²) in [4.78, 5) is 0. The van der Waals surface area contributed by atoms with Crippen molar-refractivity contribution in [3.8, 4) is 0 Å². The molecule has 0 aliphatic heterocycles. The Morgan fingerprint density at radius 3 is 2.56 bits per heavy atom. The van der Waals surface area contributed by atoms with E-state index in [1.54, 1.807) is 6.08 Å². The smallest absolute Gasteiger partial charge is 0.110 e. The third kappa shape index (κ3) is 5.70. The van der Waals surface area contributed by atoms with E-state index in [9.17, 15) is 5.11 Å². The second-order valence-corrected chi connectivity index (χ2v) is 4.56. The Morgan fingerprint density at radius 2 is 2.17 bits per heavy atom. The van der Waals surface area contributed by atoms with Gasteiger partial charge in [0.15, 0.2) is 0 Å². The monoisotopic (exact) mass is 248 g/mol. The first-order chi connectivity index (χ1) is 8.64. The van der Waals surface area contributed by atoms with Crippen molar-refractivity contribution >= 4 is 7.28 Å². The summed E-state index contributed by atoms with van der Waals surface area (Å²) in [5.41, 5.74) is 9.07. The van der Waals surface area contributed by atoms with Crippen LogP contribution in [-0.4, -0.2) is 25.5 Å². The van der Waals surface area contributed by atoms with Gasteiger partial charge in [-0.2, -0.15) is 0 Å². The van der Waals surface area contributed by atoms with Crippen molar-refractivity contribution in [1.29, 1.82) is 0 Å². The maximum atomic E-state index is 9.43. The lowest BCUT2D eigenvalue weighted by molar-refractivity contribution is 0.333. The van der Waals surface area contributed by atoms with E-state index in [1.807, 2.05) is 0 Å². The Labute approximate surface area is 113 Å². The van der Waals surface area contributed by atoms with Gasteiger partial charge in [-0.1, -0.05) is 45.2 Å². The lowest BCUT2D eigenvalue weighted by atomic mass is 9.65. The molecule has 0 rings (SSSR count). The summed E-state index contributed by atoms with van der Waals surface area (Å²) < 4.78 is 0. The van der Waals surface area contributed by atoms with E-state index in [-0.39, 0.29) is 6.61 Å². The van der Waals surface area contributed by atoms with E-state index in [2.05, 4.69) is 40.6 Å². The molecular weight excluding hydrogens is 221 g/mol. The maximum absolute atomic E-state index is 9.43. The van der Waals surface area contributed by atoms with Crippen molar-refractivity contribution in [3.05, 3.63) is 35.5 Å². The van der Waals surface area contributed by atoms with Crippen LogP contribution in [0.4, 0.5) is 0 Å². The van der Waals surface area contributed by atoms with E-state index in [0.29, 0.717) is 12.4 Å². The lowest BCUT2D eigenvalue weighted by Crippen LogP contribution is -2.08. The maximum Gasteiger partial charge on any atom is 0.110 e. The number of aliphatic hydroxyl groups excluding tert-OH is 1. The lowest BCUT2D eigenvalue weighted by Gasteiger charge is -2.18. The van der Waals surface area contributed by atoms with E-state index >= 15 is 0 Å². The minimum atomic E-state index is 0.0319. The van der Waals surface area contributed by atoms with Gasteiger partial charge < -0.3 is 10.8 Å². The van der Waals surface area contributed by atoms with Gasteiger partial charge in [-0.05, 0) is 42.5 Å². The first-order valence-electron chi connectivity index (χ1n) is 6.78. The van der Waals surface area contributed by atoms with Gasteiger partial charge in [-0.3, -0.25) is 0 Å². The van der Waals surface area contributed by atoms with Crippen molar-refractivity contribution < 1.29 is 5.11 Å². The van der Waals surface area contributed by atoms with Crippen LogP contribution in [0, 0.1) is 0 Å².